The second kappa shape index (κ2) is 13.2. The zero-order valence-electron chi connectivity index (χ0n) is 30.3. The average Bonchev–Trinajstić information content (AvgIpc) is 3.43. The number of likely N-dealkylation sites (tertiary alicyclic amines) is 1. The fourth-order valence-corrected chi connectivity index (χ4v) is 9.13. The lowest BCUT2D eigenvalue weighted by Crippen LogP contribution is -2.38. The summed E-state index contributed by atoms with van der Waals surface area (Å²) in [6, 6.07) is 8.40. The Kier molecular flexibility index (Phi) is 9.25. The van der Waals surface area contributed by atoms with E-state index < -0.39 is 44.9 Å². The molecular formula is C37H43F3N6O6S. The van der Waals surface area contributed by atoms with Crippen LogP contribution in [0.2, 0.25) is 0 Å². The number of alkyl halides is 3. The van der Waals surface area contributed by atoms with Crippen LogP contribution in [-0.2, 0) is 27.5 Å². The number of carboxylic acid groups (broad SMARTS) is 1. The van der Waals surface area contributed by atoms with E-state index in [2.05, 4.69) is 20.1 Å². The number of carbonyl (C=O) groups is 1. The monoisotopic (exact) mass is 756 g/mol. The maximum Gasteiger partial charge on any atom is 0.452 e. The minimum Gasteiger partial charge on any atom is -0.481 e. The van der Waals surface area contributed by atoms with Crippen LogP contribution in [0.25, 0.3) is 5.65 Å². The van der Waals surface area contributed by atoms with Crippen LogP contribution >= 0.6 is 0 Å². The van der Waals surface area contributed by atoms with Crippen LogP contribution in [0.3, 0.4) is 0 Å². The van der Waals surface area contributed by atoms with Gasteiger partial charge in [-0.25, -0.2) is 8.42 Å². The van der Waals surface area contributed by atoms with Crippen LogP contribution in [-0.4, -0.2) is 86.7 Å². The first-order valence-electron chi connectivity index (χ1n) is 17.7. The van der Waals surface area contributed by atoms with Gasteiger partial charge in [-0.3, -0.25) is 14.1 Å². The number of sulfonamides is 1. The van der Waals surface area contributed by atoms with E-state index in [4.69, 9.17) is 9.47 Å². The van der Waals surface area contributed by atoms with E-state index in [-0.39, 0.29) is 29.5 Å². The van der Waals surface area contributed by atoms with E-state index in [9.17, 15) is 31.5 Å². The molecule has 1 saturated heterocycles. The van der Waals surface area contributed by atoms with Gasteiger partial charge in [0, 0.05) is 30.8 Å². The van der Waals surface area contributed by atoms with Gasteiger partial charge in [0.1, 0.15) is 17.1 Å². The number of aliphatic carboxylic acids is 1. The highest BCUT2D eigenvalue weighted by molar-refractivity contribution is 7.89. The minimum absolute atomic E-state index is 0.0218. The van der Waals surface area contributed by atoms with Gasteiger partial charge in [-0.05, 0) is 113 Å². The summed E-state index contributed by atoms with van der Waals surface area (Å²) in [4.78, 5) is 19.6. The fraction of sp³-hybridized carbons (Fsp3) is 0.514. The molecule has 1 atom stereocenters. The highest BCUT2D eigenvalue weighted by atomic mass is 32.2. The first-order chi connectivity index (χ1) is 24.9. The number of pyridine rings is 2. The second-order valence-corrected chi connectivity index (χ2v) is 17.0. The van der Waals surface area contributed by atoms with E-state index in [1.165, 1.54) is 29.4 Å². The molecule has 5 heterocycles. The van der Waals surface area contributed by atoms with Crippen molar-refractivity contribution in [1.29, 1.82) is 0 Å². The topological polar surface area (TPSA) is 139 Å². The molecule has 0 amide bonds. The molecule has 3 aliphatic rings. The molecule has 3 aromatic heterocycles. The molecule has 1 unspecified atom stereocenters. The number of benzene rings is 1. The number of halogens is 3. The number of aromatic nitrogens is 4. The van der Waals surface area contributed by atoms with Crippen molar-refractivity contribution in [2.45, 2.75) is 89.4 Å². The molecule has 16 heteroatoms. The van der Waals surface area contributed by atoms with Gasteiger partial charge in [-0.2, -0.15) is 22.5 Å². The third kappa shape index (κ3) is 6.84. The number of nitrogens with zero attached hydrogens (tertiary/aromatic N) is 6. The summed E-state index contributed by atoms with van der Waals surface area (Å²) >= 11 is 0. The molecule has 2 aliphatic heterocycles. The molecule has 1 aliphatic carbocycles. The average molecular weight is 757 g/mol. The number of carboxylic acids is 1. The maximum absolute atomic E-state index is 14.4. The number of ether oxygens (including phenoxy) is 2. The molecule has 53 heavy (non-hydrogen) atoms. The molecule has 4 aromatic rings. The Morgan fingerprint density at radius 3 is 2.43 bits per heavy atom. The molecule has 2 fully saturated rings. The van der Waals surface area contributed by atoms with Gasteiger partial charge in [-0.1, -0.05) is 18.2 Å². The molecule has 1 spiro atoms. The van der Waals surface area contributed by atoms with Gasteiger partial charge < -0.3 is 14.6 Å². The number of hydrogen-bond acceptors (Lipinski definition) is 9. The van der Waals surface area contributed by atoms with Crippen molar-refractivity contribution in [3.05, 3.63) is 75.7 Å². The Bertz CT molecular complexity index is 2190. The van der Waals surface area contributed by atoms with Gasteiger partial charge in [-0.15, -0.1) is 10.2 Å². The maximum atomic E-state index is 14.4. The summed E-state index contributed by atoms with van der Waals surface area (Å²) in [6.07, 6.45) is 0.0905. The van der Waals surface area contributed by atoms with E-state index in [0.717, 1.165) is 29.6 Å². The first-order valence-corrected chi connectivity index (χ1v) is 19.2. The van der Waals surface area contributed by atoms with Crippen molar-refractivity contribution in [1.82, 2.24) is 28.8 Å². The Morgan fingerprint density at radius 2 is 1.77 bits per heavy atom. The van der Waals surface area contributed by atoms with Gasteiger partial charge in [0.25, 0.3) is 0 Å². The third-order valence-corrected chi connectivity index (χ3v) is 12.7. The molecule has 0 bridgehead atoms. The zero-order chi connectivity index (χ0) is 38.1. The van der Waals surface area contributed by atoms with Crippen molar-refractivity contribution in [3.8, 4) is 11.8 Å². The largest absolute Gasteiger partial charge is 0.481 e. The summed E-state index contributed by atoms with van der Waals surface area (Å²) in [5.74, 6) is -2.80. The lowest BCUT2D eigenvalue weighted by molar-refractivity contribution is -0.147. The summed E-state index contributed by atoms with van der Waals surface area (Å²) in [5.41, 5.74) is 1.13. The smallest absolute Gasteiger partial charge is 0.452 e. The molecule has 1 aromatic carbocycles. The predicted molar refractivity (Wildman–Crippen MR) is 187 cm³/mol. The number of rotatable bonds is 10. The van der Waals surface area contributed by atoms with E-state index in [0.29, 0.717) is 53.1 Å². The van der Waals surface area contributed by atoms with Gasteiger partial charge in [0.15, 0.2) is 5.65 Å². The lowest BCUT2D eigenvalue weighted by atomic mass is 9.70. The van der Waals surface area contributed by atoms with Gasteiger partial charge in [0.2, 0.25) is 27.6 Å². The Balaban J connectivity index is 1.24. The molecule has 12 nitrogen and oxygen atoms in total. The molecule has 284 valence electrons. The fourth-order valence-electron chi connectivity index (χ4n) is 7.50. The van der Waals surface area contributed by atoms with Crippen LogP contribution < -0.4 is 9.47 Å². The Labute approximate surface area is 306 Å². The van der Waals surface area contributed by atoms with Crippen molar-refractivity contribution in [2.75, 3.05) is 32.8 Å². The van der Waals surface area contributed by atoms with Crippen molar-refractivity contribution in [3.63, 3.8) is 0 Å². The highest BCUT2D eigenvalue weighted by Gasteiger charge is 2.53. The summed E-state index contributed by atoms with van der Waals surface area (Å²) in [5, 5.41) is 17.6. The molecule has 0 radical (unpaired) electrons. The highest BCUT2D eigenvalue weighted by Crippen LogP contribution is 2.48. The van der Waals surface area contributed by atoms with Crippen LogP contribution in [0.4, 0.5) is 13.2 Å². The second-order valence-electron chi connectivity index (χ2n) is 15.1. The molecule has 7 rings (SSSR count). The summed E-state index contributed by atoms with van der Waals surface area (Å²) in [6.45, 7) is 11.6. The van der Waals surface area contributed by atoms with Gasteiger partial charge in [0.05, 0.1) is 12.0 Å². The minimum atomic E-state index is -4.74. The van der Waals surface area contributed by atoms with Crippen LogP contribution in [0.15, 0.2) is 41.4 Å². The van der Waals surface area contributed by atoms with Crippen LogP contribution in [0.1, 0.15) is 84.7 Å². The molecular weight excluding hydrogens is 714 g/mol. The SMILES string of the molecule is Cc1ccc(C(c2ccn3c(C(F)(F)F)nnc3c2C)C(C)(C)C(=O)O)cc1CN1CC2(CC2)Oc2nc(OCCN3CCCC3)c(C)cc2S1(=O)=O. The number of hydrogen-bond donors (Lipinski definition) is 1. The van der Waals surface area contributed by atoms with E-state index >= 15 is 0 Å². The van der Waals surface area contributed by atoms with Crippen molar-refractivity contribution < 1.29 is 41.0 Å². The lowest BCUT2D eigenvalue weighted by Gasteiger charge is -2.33. The zero-order valence-corrected chi connectivity index (χ0v) is 31.1. The summed E-state index contributed by atoms with van der Waals surface area (Å²) < 4.78 is 84.4. The van der Waals surface area contributed by atoms with Crippen molar-refractivity contribution in [2.24, 2.45) is 5.41 Å². The van der Waals surface area contributed by atoms with Crippen molar-refractivity contribution >= 4 is 21.6 Å². The van der Waals surface area contributed by atoms with Crippen LogP contribution in [0, 0.1) is 26.2 Å². The van der Waals surface area contributed by atoms with Gasteiger partial charge >= 0.3 is 12.1 Å². The van der Waals surface area contributed by atoms with Crippen LogP contribution in [0.5, 0.6) is 11.8 Å². The predicted octanol–water partition coefficient (Wildman–Crippen LogP) is 5.90. The normalized spacial score (nSPS) is 19.2. The van der Waals surface area contributed by atoms with E-state index in [1.54, 1.807) is 45.9 Å². The standard InChI is InChI=1S/C37H43F3N6O6S/c1-22-8-9-25(29(35(4,5)34(47)48)27-10-15-46-30(24(27)3)42-43-33(46)37(38,39)40)19-26(22)20-45-21-36(11-12-36)52-32-28(53(45,49)50)18-23(2)31(41-32)51-17-16-44-13-6-7-14-44/h8-10,15,18-19,29H,6-7,11-14,16-17,20-21H2,1-5H3,(H,47,48). The Hall–Kier alpha value is -4.28. The number of fused-ring (bicyclic) bond motifs is 2. The summed E-state index contributed by atoms with van der Waals surface area (Å²) in [7, 11) is -4.13. The Morgan fingerprint density at radius 1 is 1.06 bits per heavy atom. The first kappa shape index (κ1) is 37.1. The quantitative estimate of drug-likeness (QED) is 0.208. The van der Waals surface area contributed by atoms with E-state index in [1.807, 2.05) is 13.0 Å². The number of aryl methyl sites for hydroxylation is 3. The molecule has 1 N–H and O–H groups in total. The third-order valence-electron chi connectivity index (χ3n) is 10.9. The molecule has 1 saturated carbocycles.